The van der Waals surface area contributed by atoms with Gasteiger partial charge in [-0.3, -0.25) is 0 Å². The zero-order valence-corrected chi connectivity index (χ0v) is 20.4. The Morgan fingerprint density at radius 3 is 2.48 bits per heavy atom. The van der Waals surface area contributed by atoms with Crippen molar-refractivity contribution in [3.63, 3.8) is 0 Å². The zero-order chi connectivity index (χ0) is 22.1. The standard InChI is InChI=1S/C22H26ClFO6.Na/c1-14-9-16(23)10-15(3-2-8-29-20-6-4-17(24)5-7-20)22(14)30-13-19(26)11-18(25)12-21(27)28;/h4-7,9-10,18-19,25-26H,2-3,8,11-13H2,1H3,(H,27,28);/q;+1/p-1/t18-,19?;/m1./s1. The first-order valence-electron chi connectivity index (χ1n) is 9.60. The van der Waals surface area contributed by atoms with E-state index in [4.69, 9.17) is 21.1 Å². The molecule has 0 saturated carbocycles. The molecule has 2 rings (SSSR count). The summed E-state index contributed by atoms with van der Waals surface area (Å²) in [5.41, 5.74) is 1.63. The van der Waals surface area contributed by atoms with Crippen LogP contribution in [0, 0.1) is 12.7 Å². The normalized spacial score (nSPS) is 12.5. The molecule has 164 valence electrons. The Morgan fingerprint density at radius 2 is 1.84 bits per heavy atom. The van der Waals surface area contributed by atoms with Gasteiger partial charge < -0.3 is 29.6 Å². The molecule has 0 heterocycles. The number of carbonyl (C=O) groups excluding carboxylic acids is 1. The molecule has 1 unspecified atom stereocenters. The summed E-state index contributed by atoms with van der Waals surface area (Å²) in [6.07, 6.45) is -1.67. The SMILES string of the molecule is Cc1cc(Cl)cc(CCCOc2ccc(F)cc2)c1OCC(O)C[C@@H](O)CC(=O)[O-].[Na+]. The predicted molar refractivity (Wildman–Crippen MR) is 108 cm³/mol. The van der Waals surface area contributed by atoms with Gasteiger partial charge in [0.15, 0.2) is 0 Å². The first-order valence-corrected chi connectivity index (χ1v) is 9.98. The molecule has 0 aliphatic carbocycles. The minimum absolute atomic E-state index is 0. The average Bonchev–Trinajstić information content (AvgIpc) is 2.65. The number of benzene rings is 2. The molecule has 6 nitrogen and oxygen atoms in total. The van der Waals surface area contributed by atoms with E-state index in [1.54, 1.807) is 24.3 Å². The fourth-order valence-corrected chi connectivity index (χ4v) is 3.31. The predicted octanol–water partition coefficient (Wildman–Crippen LogP) is -0.566. The molecule has 9 heteroatoms. The number of aliphatic hydroxyl groups is 2. The van der Waals surface area contributed by atoms with Gasteiger partial charge in [-0.25, -0.2) is 4.39 Å². The van der Waals surface area contributed by atoms with Crippen molar-refractivity contribution in [2.45, 2.75) is 44.8 Å². The largest absolute Gasteiger partial charge is 1.00 e. The molecule has 0 fully saturated rings. The van der Waals surface area contributed by atoms with E-state index in [1.807, 2.05) is 6.92 Å². The molecule has 2 aromatic carbocycles. The van der Waals surface area contributed by atoms with Gasteiger partial charge in [0.05, 0.1) is 18.8 Å². The minimum atomic E-state index is -1.38. The van der Waals surface area contributed by atoms with Crippen LogP contribution in [0.5, 0.6) is 11.5 Å². The van der Waals surface area contributed by atoms with Crippen molar-refractivity contribution >= 4 is 17.6 Å². The third-order valence-corrected chi connectivity index (χ3v) is 4.57. The summed E-state index contributed by atoms with van der Waals surface area (Å²) in [7, 11) is 0. The summed E-state index contributed by atoms with van der Waals surface area (Å²) in [5.74, 6) is -0.551. The van der Waals surface area contributed by atoms with Crippen molar-refractivity contribution in [2.75, 3.05) is 13.2 Å². The number of aliphatic hydroxyl groups excluding tert-OH is 2. The quantitative estimate of drug-likeness (QED) is 0.324. The number of aryl methyl sites for hydroxylation is 2. The van der Waals surface area contributed by atoms with Crippen molar-refractivity contribution in [1.82, 2.24) is 0 Å². The van der Waals surface area contributed by atoms with Crippen LogP contribution in [-0.4, -0.2) is 41.6 Å². The van der Waals surface area contributed by atoms with Crippen LogP contribution in [0.4, 0.5) is 4.39 Å². The monoisotopic (exact) mass is 462 g/mol. The van der Waals surface area contributed by atoms with E-state index in [-0.39, 0.29) is 48.4 Å². The van der Waals surface area contributed by atoms with Crippen LogP contribution >= 0.6 is 11.6 Å². The van der Waals surface area contributed by atoms with Gasteiger partial charge in [0, 0.05) is 23.8 Å². The number of halogens is 2. The Kier molecular flexibility index (Phi) is 12.4. The maximum absolute atomic E-state index is 12.9. The molecule has 0 amide bonds. The van der Waals surface area contributed by atoms with Gasteiger partial charge in [-0.1, -0.05) is 11.6 Å². The van der Waals surface area contributed by atoms with E-state index in [0.29, 0.717) is 36.0 Å². The Bertz CT molecular complexity index is 833. The van der Waals surface area contributed by atoms with Crippen LogP contribution < -0.4 is 44.1 Å². The second-order valence-electron chi connectivity index (χ2n) is 7.05. The third kappa shape index (κ3) is 10.2. The van der Waals surface area contributed by atoms with Crippen LogP contribution in [0.25, 0.3) is 0 Å². The number of carboxylic acid groups (broad SMARTS) is 1. The molecule has 0 bridgehead atoms. The average molecular weight is 463 g/mol. The van der Waals surface area contributed by atoms with E-state index >= 15 is 0 Å². The van der Waals surface area contributed by atoms with Gasteiger partial charge in [0.1, 0.15) is 23.9 Å². The molecule has 2 aromatic rings. The first-order chi connectivity index (χ1) is 14.2. The van der Waals surface area contributed by atoms with Crippen LogP contribution in [0.3, 0.4) is 0 Å². The molecular weight excluding hydrogens is 438 g/mol. The van der Waals surface area contributed by atoms with Crippen molar-refractivity contribution < 1.29 is 63.5 Å². The van der Waals surface area contributed by atoms with Gasteiger partial charge >= 0.3 is 29.6 Å². The van der Waals surface area contributed by atoms with Crippen molar-refractivity contribution in [3.8, 4) is 11.5 Å². The van der Waals surface area contributed by atoms with Crippen molar-refractivity contribution in [2.24, 2.45) is 0 Å². The molecule has 0 saturated heterocycles. The molecule has 31 heavy (non-hydrogen) atoms. The number of hydrogen-bond donors (Lipinski definition) is 2. The smallest absolute Gasteiger partial charge is 0.550 e. The second-order valence-corrected chi connectivity index (χ2v) is 7.48. The number of ether oxygens (including phenoxy) is 2. The van der Waals surface area contributed by atoms with E-state index < -0.39 is 24.6 Å². The number of aliphatic carboxylic acids is 1. The zero-order valence-electron chi connectivity index (χ0n) is 17.6. The summed E-state index contributed by atoms with van der Waals surface area (Å²) in [4.78, 5) is 10.5. The Balaban J connectivity index is 0.00000480. The number of carboxylic acids is 1. The fraction of sp³-hybridized carbons (Fsp3) is 0.409. The molecule has 2 N–H and O–H groups in total. The number of hydrogen-bond acceptors (Lipinski definition) is 6. The maximum atomic E-state index is 12.9. The summed E-state index contributed by atoms with van der Waals surface area (Å²) < 4.78 is 24.3. The Morgan fingerprint density at radius 1 is 1.16 bits per heavy atom. The molecular formula is C22H25ClFNaO6. The molecule has 0 aliphatic heterocycles. The van der Waals surface area contributed by atoms with E-state index in [1.165, 1.54) is 12.1 Å². The molecule has 0 aliphatic rings. The number of rotatable bonds is 12. The third-order valence-electron chi connectivity index (χ3n) is 4.36. The minimum Gasteiger partial charge on any atom is -0.550 e. The second kappa shape index (κ2) is 13.9. The van der Waals surface area contributed by atoms with Crippen LogP contribution in [0.1, 0.15) is 30.4 Å². The van der Waals surface area contributed by atoms with Gasteiger partial charge in [-0.2, -0.15) is 0 Å². The van der Waals surface area contributed by atoms with Crippen LogP contribution in [0.2, 0.25) is 5.02 Å². The Labute approximate surface area is 208 Å². The summed E-state index contributed by atoms with van der Waals surface area (Å²) >= 11 is 6.16. The number of carbonyl (C=O) groups is 1. The van der Waals surface area contributed by atoms with Gasteiger partial charge in [0.2, 0.25) is 0 Å². The van der Waals surface area contributed by atoms with Gasteiger partial charge in [-0.15, -0.1) is 0 Å². The molecule has 0 aromatic heterocycles. The Hall–Kier alpha value is -1.35. The van der Waals surface area contributed by atoms with E-state index in [9.17, 15) is 24.5 Å². The summed E-state index contributed by atoms with van der Waals surface area (Å²) in [5, 5.41) is 30.7. The summed E-state index contributed by atoms with van der Waals surface area (Å²) in [6.45, 7) is 2.14. The first kappa shape index (κ1) is 27.7. The van der Waals surface area contributed by atoms with E-state index in [0.717, 1.165) is 11.1 Å². The van der Waals surface area contributed by atoms with Gasteiger partial charge in [0.25, 0.3) is 0 Å². The maximum Gasteiger partial charge on any atom is 1.00 e. The fourth-order valence-electron chi connectivity index (χ4n) is 3.01. The van der Waals surface area contributed by atoms with Crippen LogP contribution in [0.15, 0.2) is 36.4 Å². The summed E-state index contributed by atoms with van der Waals surface area (Å²) in [6, 6.07) is 9.30. The van der Waals surface area contributed by atoms with Gasteiger partial charge in [-0.05, 0) is 67.3 Å². The van der Waals surface area contributed by atoms with Crippen molar-refractivity contribution in [1.29, 1.82) is 0 Å². The molecule has 0 spiro atoms. The van der Waals surface area contributed by atoms with Crippen LogP contribution in [-0.2, 0) is 11.2 Å². The molecule has 2 atom stereocenters. The topological polar surface area (TPSA) is 99.1 Å². The van der Waals surface area contributed by atoms with E-state index in [2.05, 4.69) is 0 Å². The molecule has 0 radical (unpaired) electrons. The van der Waals surface area contributed by atoms with Crippen molar-refractivity contribution in [3.05, 3.63) is 58.4 Å².